The molecule has 0 spiro atoms. The summed E-state index contributed by atoms with van der Waals surface area (Å²) in [5.41, 5.74) is -1.42. The summed E-state index contributed by atoms with van der Waals surface area (Å²) in [6, 6.07) is -4.84. The Morgan fingerprint density at radius 2 is 0.437 bits per heavy atom. The number of carbonyl (C=O) groups is 7. The van der Waals surface area contributed by atoms with Crippen LogP contribution in [0.3, 0.4) is 0 Å². The summed E-state index contributed by atoms with van der Waals surface area (Å²) >= 11 is 0. The fourth-order valence-corrected chi connectivity index (χ4v) is 11.6. The molecule has 0 aromatic heterocycles. The number of methoxy groups -OCH3 is 1. The lowest BCUT2D eigenvalue weighted by atomic mass is 10.0. The van der Waals surface area contributed by atoms with E-state index in [2.05, 4.69) is 204 Å². The second-order valence-corrected chi connectivity index (χ2v) is 36.9. The third kappa shape index (κ3) is 58.6. The van der Waals surface area contributed by atoms with Crippen LogP contribution in [0.4, 0.5) is 0 Å². The van der Waals surface area contributed by atoms with Gasteiger partial charge < -0.3 is 89.2 Å². The molecule has 0 radical (unpaired) electrons. The van der Waals surface area contributed by atoms with E-state index in [1.807, 2.05) is 41.5 Å². The fourth-order valence-electron chi connectivity index (χ4n) is 11.6. The first-order valence-electron chi connectivity index (χ1n) is 39.7. The number of nitrogens with one attached hydrogen (secondary N) is 15. The first kappa shape index (κ1) is 98.9. The molecule has 0 aromatic rings. The molecule has 0 rings (SSSR count). The molecule has 0 saturated heterocycles. The Morgan fingerprint density at radius 1 is 0.233 bits per heavy atom. The van der Waals surface area contributed by atoms with Crippen molar-refractivity contribution in [1.29, 1.82) is 0 Å². The zero-order chi connectivity index (χ0) is 78.7. The molecule has 0 aliphatic rings. The third-order valence-corrected chi connectivity index (χ3v) is 16.5. The maximum Gasteiger partial charge on any atom is 0.243 e. The lowest BCUT2D eigenvalue weighted by molar-refractivity contribution is -0.133. The van der Waals surface area contributed by atoms with Crippen LogP contribution in [-0.2, 0) is 43.0 Å². The van der Waals surface area contributed by atoms with Crippen LogP contribution in [0.15, 0.2) is 0 Å². The Balaban J connectivity index is 6.92. The smallest absolute Gasteiger partial charge is 0.243 e. The van der Waals surface area contributed by atoms with E-state index in [0.29, 0.717) is 96.9 Å². The number of hydrogen-bond donors (Lipinski definition) is 15. The van der Waals surface area contributed by atoms with E-state index in [1.54, 1.807) is 7.11 Å². The minimum Gasteiger partial charge on any atom is -0.382 e. The molecule has 0 aromatic carbocycles. The fraction of sp³-hybridized carbons (Fsp3) is 0.911. The van der Waals surface area contributed by atoms with Crippen LogP contribution in [0.1, 0.15) is 301 Å². The van der Waals surface area contributed by atoms with Crippen LogP contribution < -0.4 is 79.8 Å². The first-order chi connectivity index (χ1) is 47.5. The molecule has 0 saturated carbocycles. The van der Waals surface area contributed by atoms with E-state index < -0.39 is 47.6 Å². The summed E-state index contributed by atoms with van der Waals surface area (Å²) in [7, 11) is 1.58. The average Bonchev–Trinajstić information content (AvgIpc) is 0.877. The molecule has 24 heteroatoms. The summed E-state index contributed by atoms with van der Waals surface area (Å²) in [5, 5.41) is 49.7. The lowest BCUT2D eigenvalue weighted by Gasteiger charge is -2.30. The molecular weight excluding hydrogens is 1300 g/mol. The highest BCUT2D eigenvalue weighted by Gasteiger charge is 2.33. The van der Waals surface area contributed by atoms with Gasteiger partial charge in [0.05, 0.1) is 44.0 Å². The van der Waals surface area contributed by atoms with E-state index in [9.17, 15) is 33.6 Å². The van der Waals surface area contributed by atoms with Crippen molar-refractivity contribution in [2.75, 3.05) is 79.3 Å². The second kappa shape index (κ2) is 50.5. The second-order valence-electron chi connectivity index (χ2n) is 36.9. The van der Waals surface area contributed by atoms with Crippen LogP contribution in [0.2, 0.25) is 0 Å². The highest BCUT2D eigenvalue weighted by molar-refractivity contribution is 5.93. The van der Waals surface area contributed by atoms with Gasteiger partial charge >= 0.3 is 0 Å². The zero-order valence-corrected chi connectivity index (χ0v) is 70.3. The Hall–Kier alpha value is -4.11. The van der Waals surface area contributed by atoms with Crippen molar-refractivity contribution in [3.63, 3.8) is 0 Å². The summed E-state index contributed by atoms with van der Waals surface area (Å²) in [5.74, 6) is -1.99. The number of rotatable bonds is 55. The molecule has 0 aliphatic heterocycles. The molecule has 7 amide bonds. The van der Waals surface area contributed by atoms with Gasteiger partial charge in [0.15, 0.2) is 0 Å². The number of hydrogen-bond acceptors (Lipinski definition) is 17. The van der Waals surface area contributed by atoms with E-state index in [-0.39, 0.29) is 113 Å². The Bertz CT molecular complexity index is 2340. The minimum absolute atomic E-state index is 0.0109. The summed E-state index contributed by atoms with van der Waals surface area (Å²) in [6.07, 6.45) is 13.2. The van der Waals surface area contributed by atoms with Gasteiger partial charge in [0.25, 0.3) is 0 Å². The van der Waals surface area contributed by atoms with Crippen molar-refractivity contribution in [1.82, 2.24) is 79.8 Å². The Kier molecular flexibility index (Phi) is 48.5. The quantitative estimate of drug-likeness (QED) is 0.0254. The van der Waals surface area contributed by atoms with Gasteiger partial charge in [-0.2, -0.15) is 0 Å². The Morgan fingerprint density at radius 3 is 0.680 bits per heavy atom. The van der Waals surface area contributed by atoms with E-state index in [1.165, 1.54) is 0 Å². The molecule has 15 N–H and O–H groups in total. The normalized spacial score (nSPS) is 14.9. The van der Waals surface area contributed by atoms with Gasteiger partial charge in [-0.25, -0.2) is 0 Å². The number of carbonyl (C=O) groups excluding carboxylic acids is 7. The third-order valence-electron chi connectivity index (χ3n) is 16.5. The molecule has 0 heterocycles. The van der Waals surface area contributed by atoms with Gasteiger partial charge in [-0.3, -0.25) is 33.6 Å². The highest BCUT2D eigenvalue weighted by Crippen LogP contribution is 2.16. The molecule has 7 atom stereocenters. The molecule has 606 valence electrons. The van der Waals surface area contributed by atoms with Crippen LogP contribution in [0.25, 0.3) is 0 Å². The standard InChI is InChI=1S/C79H161N15O9/c1-72(2,3)84-50-36-29-43-61(91-76(13,14)15)67(97)81-48-34-27-40-58(89-70(100)63(93-78(19,20)21)45-31-38-52-86-74(7,8)9)65(95)80-47-33-26-41-59(66(96)83-54-55-103-57-56-102-25)88-69(99)60(90-71(101)64(94-79(22,23)24)46-32-39-53-87-75(10,11)12)42-28-35-49-82-68(98)62(92-77(16,17)18)44-30-37-51-85-73(4,5)6/h58-64,84-87,91-94H,26-57H2,1-25H3,(H,80,95)(H,81,97)(H,82,98)(H,83,96)(H,88,99)(H,89,100)(H,90,101). The van der Waals surface area contributed by atoms with Crippen molar-refractivity contribution >= 4 is 41.4 Å². The topological polar surface area (TPSA) is 318 Å². The van der Waals surface area contributed by atoms with Gasteiger partial charge in [0.2, 0.25) is 41.4 Å². The summed E-state index contributed by atoms with van der Waals surface area (Å²) in [4.78, 5) is 100. The average molecular weight is 1470 g/mol. The van der Waals surface area contributed by atoms with Crippen LogP contribution >= 0.6 is 0 Å². The number of ether oxygens (including phenoxy) is 2. The molecule has 0 fully saturated rings. The SMILES string of the molecule is COCCOCCNC(=O)C(CCCCNC(=O)C(CCCCNC(=O)C(CCCCNC(C)(C)C)NC(C)(C)C)NC(=O)C(CCCCNC(C)(C)C)NC(C)(C)C)NC(=O)C(CCCCNC(=O)C(CCCCNC(C)(C)C)NC(C)(C)C)NC(=O)C(CCCCNC(C)(C)C)NC(C)(C)C. The number of amides is 7. The van der Waals surface area contributed by atoms with Gasteiger partial charge in [-0.1, -0.05) is 25.7 Å². The summed E-state index contributed by atoms with van der Waals surface area (Å²) < 4.78 is 10.8. The monoisotopic (exact) mass is 1460 g/mol. The molecule has 24 nitrogen and oxygen atoms in total. The van der Waals surface area contributed by atoms with Crippen LogP contribution in [0, 0.1) is 0 Å². The maximum atomic E-state index is 14.9. The maximum absolute atomic E-state index is 14.9. The van der Waals surface area contributed by atoms with Gasteiger partial charge in [0, 0.05) is 77.6 Å². The largest absolute Gasteiger partial charge is 0.382 e. The lowest BCUT2D eigenvalue weighted by Crippen LogP contribution is -2.58. The Labute approximate surface area is 628 Å². The van der Waals surface area contributed by atoms with Crippen LogP contribution in [0.5, 0.6) is 0 Å². The molecule has 0 aliphatic carbocycles. The predicted octanol–water partition coefficient (Wildman–Crippen LogP) is 8.34. The van der Waals surface area contributed by atoms with Crippen LogP contribution in [-0.4, -0.2) is 207 Å². The van der Waals surface area contributed by atoms with Gasteiger partial charge in [0.1, 0.15) is 18.1 Å². The van der Waals surface area contributed by atoms with Crippen molar-refractivity contribution in [2.45, 2.75) is 388 Å². The predicted molar refractivity (Wildman–Crippen MR) is 425 cm³/mol. The van der Waals surface area contributed by atoms with E-state index >= 15 is 0 Å². The zero-order valence-electron chi connectivity index (χ0n) is 70.3. The van der Waals surface area contributed by atoms with Gasteiger partial charge in [-0.15, -0.1) is 0 Å². The summed E-state index contributed by atoms with van der Waals surface area (Å²) in [6.45, 7) is 55.5. The molecule has 0 bridgehead atoms. The van der Waals surface area contributed by atoms with Crippen molar-refractivity contribution < 1.29 is 43.0 Å². The van der Waals surface area contributed by atoms with Crippen molar-refractivity contribution in [3.8, 4) is 0 Å². The molecular formula is C79H161N15O9. The number of unbranched alkanes of at least 4 members (excludes halogenated alkanes) is 7. The molecule has 103 heavy (non-hydrogen) atoms. The van der Waals surface area contributed by atoms with Crippen molar-refractivity contribution in [3.05, 3.63) is 0 Å². The highest BCUT2D eigenvalue weighted by atomic mass is 16.5. The minimum atomic E-state index is -1.02. The molecule has 7 unspecified atom stereocenters. The van der Waals surface area contributed by atoms with E-state index in [4.69, 9.17) is 9.47 Å². The van der Waals surface area contributed by atoms with Crippen molar-refractivity contribution in [2.24, 2.45) is 0 Å². The van der Waals surface area contributed by atoms with Gasteiger partial charge in [-0.05, 0) is 302 Å². The first-order valence-corrected chi connectivity index (χ1v) is 39.7. The van der Waals surface area contributed by atoms with E-state index in [0.717, 1.165) is 77.5 Å².